The van der Waals surface area contributed by atoms with Crippen LogP contribution in [0.4, 0.5) is 0 Å². The van der Waals surface area contributed by atoms with Gasteiger partial charge in [-0.25, -0.2) is 0 Å². The maximum absolute atomic E-state index is 5.53. The summed E-state index contributed by atoms with van der Waals surface area (Å²) in [4.78, 5) is 0. The molecule has 0 spiro atoms. The first kappa shape index (κ1) is 11.8. The van der Waals surface area contributed by atoms with Gasteiger partial charge in [-0.3, -0.25) is 0 Å². The summed E-state index contributed by atoms with van der Waals surface area (Å²) in [5.74, 6) is 0.930. The minimum Gasteiger partial charge on any atom is -0.492 e. The largest absolute Gasteiger partial charge is 0.492 e. The first-order valence-corrected chi connectivity index (χ1v) is 5.32. The highest BCUT2D eigenvalue weighted by molar-refractivity contribution is 5.20. The van der Waals surface area contributed by atoms with Crippen molar-refractivity contribution in [3.8, 4) is 5.75 Å². The zero-order valence-corrected chi connectivity index (χ0v) is 9.33. The normalized spacial score (nSPS) is 9.93. The molecule has 0 aliphatic heterocycles. The van der Waals surface area contributed by atoms with Crippen molar-refractivity contribution < 1.29 is 4.74 Å². The lowest BCUT2D eigenvalue weighted by atomic mass is 10.2. The zero-order valence-electron chi connectivity index (χ0n) is 9.33. The summed E-state index contributed by atoms with van der Waals surface area (Å²) < 4.78 is 5.53. The quantitative estimate of drug-likeness (QED) is 0.546. The van der Waals surface area contributed by atoms with Crippen LogP contribution in [0, 0.1) is 0 Å². The van der Waals surface area contributed by atoms with Gasteiger partial charge in [0.05, 0.1) is 0 Å². The predicted molar refractivity (Wildman–Crippen MR) is 64.2 cm³/mol. The third-order valence-corrected chi connectivity index (χ3v) is 2.02. The first-order chi connectivity index (χ1) is 7.29. The van der Waals surface area contributed by atoms with Crippen molar-refractivity contribution in [3.05, 3.63) is 42.5 Å². The molecule has 0 amide bonds. The Morgan fingerprint density at radius 2 is 2.00 bits per heavy atom. The van der Waals surface area contributed by atoms with E-state index in [2.05, 4.69) is 11.9 Å². The average molecular weight is 205 g/mol. The van der Waals surface area contributed by atoms with Crippen LogP contribution in [-0.4, -0.2) is 19.7 Å². The van der Waals surface area contributed by atoms with Gasteiger partial charge in [0.25, 0.3) is 0 Å². The molecule has 0 fully saturated rings. The molecule has 82 valence electrons. The molecule has 1 aromatic carbocycles. The summed E-state index contributed by atoms with van der Waals surface area (Å²) in [6.45, 7) is 8.46. The molecule has 0 saturated carbocycles. The van der Waals surface area contributed by atoms with Gasteiger partial charge in [0.1, 0.15) is 12.4 Å². The number of ether oxygens (including phenoxy) is 1. The summed E-state index contributed by atoms with van der Waals surface area (Å²) >= 11 is 0. The van der Waals surface area contributed by atoms with Gasteiger partial charge >= 0.3 is 0 Å². The van der Waals surface area contributed by atoms with E-state index in [-0.39, 0.29) is 0 Å². The standard InChI is InChI=1S/C13H19NO/c1-12(2)8-9-14-10-11-15-13-6-4-3-5-7-13/h3-7,14H,1,8-11H2,2H3. The predicted octanol–water partition coefficient (Wildman–Crippen LogP) is 2.62. The van der Waals surface area contributed by atoms with Crippen LogP contribution in [0.1, 0.15) is 13.3 Å². The molecule has 0 radical (unpaired) electrons. The molecule has 2 nitrogen and oxygen atoms in total. The molecule has 0 saturated heterocycles. The van der Waals surface area contributed by atoms with Gasteiger partial charge in [-0.1, -0.05) is 23.8 Å². The first-order valence-electron chi connectivity index (χ1n) is 5.32. The van der Waals surface area contributed by atoms with Gasteiger partial charge in [-0.2, -0.15) is 0 Å². The van der Waals surface area contributed by atoms with Crippen LogP contribution < -0.4 is 10.1 Å². The zero-order chi connectivity index (χ0) is 10.9. The Bertz CT molecular complexity index is 282. The Balaban J connectivity index is 2.00. The van der Waals surface area contributed by atoms with E-state index in [0.29, 0.717) is 6.61 Å². The molecule has 0 atom stereocenters. The van der Waals surface area contributed by atoms with Gasteiger partial charge in [0.2, 0.25) is 0 Å². The van der Waals surface area contributed by atoms with E-state index in [1.165, 1.54) is 5.57 Å². The third kappa shape index (κ3) is 5.92. The molecule has 1 aromatic rings. The molecule has 0 aromatic heterocycles. The third-order valence-electron chi connectivity index (χ3n) is 2.02. The lowest BCUT2D eigenvalue weighted by Crippen LogP contribution is -2.22. The van der Waals surface area contributed by atoms with Crippen LogP contribution in [-0.2, 0) is 0 Å². The van der Waals surface area contributed by atoms with Gasteiger partial charge in [-0.15, -0.1) is 6.58 Å². The van der Waals surface area contributed by atoms with Crippen molar-refractivity contribution in [2.75, 3.05) is 19.7 Å². The van der Waals surface area contributed by atoms with Crippen molar-refractivity contribution in [1.82, 2.24) is 5.32 Å². The van der Waals surface area contributed by atoms with Crippen LogP contribution in [0.5, 0.6) is 5.75 Å². The Kier molecular flexibility index (Phi) is 5.56. The van der Waals surface area contributed by atoms with Gasteiger partial charge < -0.3 is 10.1 Å². The fourth-order valence-electron chi connectivity index (χ4n) is 1.18. The van der Waals surface area contributed by atoms with Gasteiger partial charge in [-0.05, 0) is 32.0 Å². The van der Waals surface area contributed by atoms with E-state index >= 15 is 0 Å². The van der Waals surface area contributed by atoms with Crippen molar-refractivity contribution in [3.63, 3.8) is 0 Å². The molecule has 0 unspecified atom stereocenters. The van der Waals surface area contributed by atoms with E-state index in [4.69, 9.17) is 4.74 Å². The Morgan fingerprint density at radius 3 is 2.67 bits per heavy atom. The average Bonchev–Trinajstić information content (AvgIpc) is 2.24. The van der Waals surface area contributed by atoms with Crippen LogP contribution in [0.3, 0.4) is 0 Å². The summed E-state index contributed by atoms with van der Waals surface area (Å²) in [5.41, 5.74) is 1.21. The summed E-state index contributed by atoms with van der Waals surface area (Å²) in [5, 5.41) is 3.30. The fraction of sp³-hybridized carbons (Fsp3) is 0.385. The SMILES string of the molecule is C=C(C)CCNCCOc1ccccc1. The van der Waals surface area contributed by atoms with E-state index in [0.717, 1.165) is 25.3 Å². The molecule has 1 rings (SSSR count). The molecule has 1 N–H and O–H groups in total. The lowest BCUT2D eigenvalue weighted by molar-refractivity contribution is 0.314. The van der Waals surface area contributed by atoms with E-state index < -0.39 is 0 Å². The highest BCUT2D eigenvalue weighted by atomic mass is 16.5. The molecular weight excluding hydrogens is 186 g/mol. The maximum Gasteiger partial charge on any atom is 0.119 e. The van der Waals surface area contributed by atoms with Crippen LogP contribution in [0.2, 0.25) is 0 Å². The summed E-state index contributed by atoms with van der Waals surface area (Å²) in [6, 6.07) is 9.87. The minimum absolute atomic E-state index is 0.709. The molecule has 0 heterocycles. The highest BCUT2D eigenvalue weighted by Crippen LogP contribution is 2.07. The smallest absolute Gasteiger partial charge is 0.119 e. The highest BCUT2D eigenvalue weighted by Gasteiger charge is 1.91. The number of hydrogen-bond acceptors (Lipinski definition) is 2. The lowest BCUT2D eigenvalue weighted by Gasteiger charge is -2.07. The van der Waals surface area contributed by atoms with Gasteiger partial charge in [0, 0.05) is 6.54 Å². The molecule has 0 aliphatic carbocycles. The van der Waals surface area contributed by atoms with Gasteiger partial charge in [0.15, 0.2) is 0 Å². The molecule has 15 heavy (non-hydrogen) atoms. The van der Waals surface area contributed by atoms with Crippen LogP contribution in [0.15, 0.2) is 42.5 Å². The minimum atomic E-state index is 0.709. The second-order valence-corrected chi connectivity index (χ2v) is 3.62. The number of rotatable bonds is 7. The van der Waals surface area contributed by atoms with Crippen molar-refractivity contribution >= 4 is 0 Å². The monoisotopic (exact) mass is 205 g/mol. The van der Waals surface area contributed by atoms with Crippen molar-refractivity contribution in [1.29, 1.82) is 0 Å². The van der Waals surface area contributed by atoms with Crippen LogP contribution >= 0.6 is 0 Å². The van der Waals surface area contributed by atoms with Crippen LogP contribution in [0.25, 0.3) is 0 Å². The second kappa shape index (κ2) is 7.07. The number of nitrogens with one attached hydrogen (secondary N) is 1. The van der Waals surface area contributed by atoms with Crippen molar-refractivity contribution in [2.24, 2.45) is 0 Å². The Morgan fingerprint density at radius 1 is 1.27 bits per heavy atom. The maximum atomic E-state index is 5.53. The number of para-hydroxylation sites is 1. The number of hydrogen-bond donors (Lipinski definition) is 1. The van der Waals surface area contributed by atoms with E-state index in [1.807, 2.05) is 37.3 Å². The number of benzene rings is 1. The molecular formula is C13H19NO. The molecule has 0 aliphatic rings. The molecule has 2 heteroatoms. The Labute approximate surface area is 92.0 Å². The fourth-order valence-corrected chi connectivity index (χ4v) is 1.18. The Hall–Kier alpha value is -1.28. The van der Waals surface area contributed by atoms with Crippen molar-refractivity contribution in [2.45, 2.75) is 13.3 Å². The summed E-state index contributed by atoms with van der Waals surface area (Å²) in [7, 11) is 0. The second-order valence-electron chi connectivity index (χ2n) is 3.62. The van der Waals surface area contributed by atoms with E-state index in [9.17, 15) is 0 Å². The summed E-state index contributed by atoms with van der Waals surface area (Å²) in [6.07, 6.45) is 1.03. The molecule has 0 bridgehead atoms. The topological polar surface area (TPSA) is 21.3 Å². The van der Waals surface area contributed by atoms with E-state index in [1.54, 1.807) is 0 Å².